The number of benzene rings is 2. The van der Waals surface area contributed by atoms with E-state index in [9.17, 15) is 10.1 Å². The van der Waals surface area contributed by atoms with Crippen LogP contribution in [0.2, 0.25) is 0 Å². The molecule has 0 bridgehead atoms. The molecule has 0 N–H and O–H groups in total. The molecule has 0 aliphatic carbocycles. The third kappa shape index (κ3) is 3.45. The largest absolute Gasteiger partial charge is 0.269 e. The average Bonchev–Trinajstić information content (AvgIpc) is 2.39. The van der Waals surface area contributed by atoms with Crippen LogP contribution in [0.4, 0.5) is 5.69 Å². The van der Waals surface area contributed by atoms with Crippen LogP contribution in [0.3, 0.4) is 0 Å². The Bertz CT molecular complexity index is 623. The number of alkyl halides is 1. The van der Waals surface area contributed by atoms with Crippen LogP contribution >= 0.6 is 15.9 Å². The number of nitro groups is 1. The molecule has 104 valence electrons. The van der Waals surface area contributed by atoms with Crippen molar-refractivity contribution in [3.05, 3.63) is 74.8 Å². The Morgan fingerprint density at radius 3 is 2.35 bits per heavy atom. The van der Waals surface area contributed by atoms with Gasteiger partial charge in [-0.1, -0.05) is 51.8 Å². The smallest absolute Gasteiger partial charge is 0.258 e. The van der Waals surface area contributed by atoms with Crippen molar-refractivity contribution in [3.8, 4) is 0 Å². The Kier molecular flexibility index (Phi) is 4.55. The second-order valence-corrected chi connectivity index (χ2v) is 6.06. The molecule has 2 rings (SSSR count). The molecule has 0 fully saturated rings. The quantitative estimate of drug-likeness (QED) is 0.454. The van der Waals surface area contributed by atoms with Gasteiger partial charge in [0.05, 0.1) is 4.92 Å². The molecule has 1 unspecified atom stereocenters. The van der Waals surface area contributed by atoms with Crippen molar-refractivity contribution in [1.82, 2.24) is 0 Å². The van der Waals surface area contributed by atoms with E-state index >= 15 is 0 Å². The van der Waals surface area contributed by atoms with Gasteiger partial charge in [0.25, 0.3) is 5.69 Å². The summed E-state index contributed by atoms with van der Waals surface area (Å²) >= 11 is 3.71. The van der Waals surface area contributed by atoms with E-state index in [2.05, 4.69) is 48.0 Å². The van der Waals surface area contributed by atoms with Gasteiger partial charge in [-0.3, -0.25) is 10.1 Å². The Balaban J connectivity index is 2.14. The lowest BCUT2D eigenvalue weighted by Crippen LogP contribution is -1.98. The van der Waals surface area contributed by atoms with Gasteiger partial charge in [-0.2, -0.15) is 0 Å². The van der Waals surface area contributed by atoms with E-state index < -0.39 is 0 Å². The number of rotatable bonds is 4. The van der Waals surface area contributed by atoms with Gasteiger partial charge in [0, 0.05) is 17.0 Å². The molecule has 20 heavy (non-hydrogen) atoms. The van der Waals surface area contributed by atoms with Crippen LogP contribution in [-0.4, -0.2) is 4.92 Å². The normalized spacial score (nSPS) is 12.2. The van der Waals surface area contributed by atoms with E-state index in [1.165, 1.54) is 16.7 Å². The Morgan fingerprint density at radius 1 is 1.15 bits per heavy atom. The van der Waals surface area contributed by atoms with Crippen molar-refractivity contribution in [2.75, 3.05) is 0 Å². The van der Waals surface area contributed by atoms with Gasteiger partial charge in [0.15, 0.2) is 0 Å². The van der Waals surface area contributed by atoms with E-state index in [0.717, 1.165) is 12.0 Å². The maximum Gasteiger partial charge on any atom is 0.269 e. The first-order valence-corrected chi connectivity index (χ1v) is 7.33. The van der Waals surface area contributed by atoms with E-state index in [0.29, 0.717) is 0 Å². The summed E-state index contributed by atoms with van der Waals surface area (Å²) in [6, 6.07) is 13.1. The zero-order valence-corrected chi connectivity index (χ0v) is 13.1. The van der Waals surface area contributed by atoms with Crippen LogP contribution in [0, 0.1) is 24.0 Å². The molecule has 2 aromatic rings. The second kappa shape index (κ2) is 6.18. The van der Waals surface area contributed by atoms with Gasteiger partial charge in [-0.15, -0.1) is 0 Å². The van der Waals surface area contributed by atoms with Gasteiger partial charge in [0.2, 0.25) is 0 Å². The highest BCUT2D eigenvalue weighted by atomic mass is 79.9. The molecule has 0 aromatic heterocycles. The van der Waals surface area contributed by atoms with Crippen LogP contribution in [0.5, 0.6) is 0 Å². The molecule has 0 aliphatic heterocycles. The van der Waals surface area contributed by atoms with Gasteiger partial charge >= 0.3 is 0 Å². The van der Waals surface area contributed by atoms with E-state index in [1.807, 2.05) is 12.1 Å². The highest BCUT2D eigenvalue weighted by Crippen LogP contribution is 2.30. The topological polar surface area (TPSA) is 43.1 Å². The summed E-state index contributed by atoms with van der Waals surface area (Å²) in [6.45, 7) is 4.18. The van der Waals surface area contributed by atoms with Crippen LogP contribution in [0.1, 0.15) is 27.1 Å². The van der Waals surface area contributed by atoms with Crippen molar-refractivity contribution in [2.45, 2.75) is 25.1 Å². The molecule has 0 aliphatic rings. The molecular weight excluding hydrogens is 318 g/mol. The Hall–Kier alpha value is -1.68. The van der Waals surface area contributed by atoms with Gasteiger partial charge in [0.1, 0.15) is 0 Å². The first-order valence-electron chi connectivity index (χ1n) is 6.42. The summed E-state index contributed by atoms with van der Waals surface area (Å²) in [4.78, 5) is 10.5. The van der Waals surface area contributed by atoms with E-state index in [1.54, 1.807) is 12.1 Å². The fourth-order valence-corrected chi connectivity index (χ4v) is 3.14. The van der Waals surface area contributed by atoms with Crippen molar-refractivity contribution in [3.63, 3.8) is 0 Å². The molecule has 0 amide bonds. The Labute approximate surface area is 126 Å². The standard InChI is InChI=1S/C16H16BrNO2/c1-11-3-8-15(12(2)9-11)16(17)10-13-4-6-14(7-5-13)18(19)20/h3-9,16H,10H2,1-2H3. The molecule has 0 spiro atoms. The van der Waals surface area contributed by atoms with Crippen LogP contribution in [0.15, 0.2) is 42.5 Å². The van der Waals surface area contributed by atoms with Crippen molar-refractivity contribution in [1.29, 1.82) is 0 Å². The van der Waals surface area contributed by atoms with Crippen LogP contribution < -0.4 is 0 Å². The number of nitro benzene ring substituents is 1. The molecular formula is C16H16BrNO2. The maximum atomic E-state index is 10.6. The first kappa shape index (κ1) is 14.7. The highest BCUT2D eigenvalue weighted by Gasteiger charge is 2.12. The molecule has 0 heterocycles. The van der Waals surface area contributed by atoms with Gasteiger partial charge < -0.3 is 0 Å². The minimum absolute atomic E-state index is 0.131. The molecule has 1 atom stereocenters. The summed E-state index contributed by atoms with van der Waals surface area (Å²) in [6.07, 6.45) is 0.807. The van der Waals surface area contributed by atoms with Crippen molar-refractivity contribution < 1.29 is 4.92 Å². The van der Waals surface area contributed by atoms with Crippen LogP contribution in [0.25, 0.3) is 0 Å². The predicted octanol–water partition coefficient (Wildman–Crippen LogP) is 4.89. The molecule has 3 nitrogen and oxygen atoms in total. The number of aryl methyl sites for hydroxylation is 2. The molecule has 0 saturated carbocycles. The Morgan fingerprint density at radius 2 is 1.80 bits per heavy atom. The number of nitrogens with zero attached hydrogens (tertiary/aromatic N) is 1. The highest BCUT2D eigenvalue weighted by molar-refractivity contribution is 9.09. The van der Waals surface area contributed by atoms with E-state index in [4.69, 9.17) is 0 Å². The number of hydrogen-bond acceptors (Lipinski definition) is 2. The summed E-state index contributed by atoms with van der Waals surface area (Å²) in [5.41, 5.74) is 4.98. The van der Waals surface area contributed by atoms with Gasteiger partial charge in [-0.25, -0.2) is 0 Å². The summed E-state index contributed by atoms with van der Waals surface area (Å²) < 4.78 is 0. The monoisotopic (exact) mass is 333 g/mol. The third-order valence-electron chi connectivity index (χ3n) is 3.32. The molecule has 0 radical (unpaired) electrons. The number of hydrogen-bond donors (Lipinski definition) is 0. The molecule has 0 saturated heterocycles. The number of halogens is 1. The minimum Gasteiger partial charge on any atom is -0.258 e. The number of non-ortho nitro benzene ring substituents is 1. The lowest BCUT2D eigenvalue weighted by Gasteiger charge is -2.14. The summed E-state index contributed by atoms with van der Waals surface area (Å²) in [7, 11) is 0. The zero-order chi connectivity index (χ0) is 14.7. The SMILES string of the molecule is Cc1ccc(C(Br)Cc2ccc([N+](=O)[O-])cc2)c(C)c1. The predicted molar refractivity (Wildman–Crippen MR) is 84.4 cm³/mol. The van der Waals surface area contributed by atoms with Gasteiger partial charge in [-0.05, 0) is 37.0 Å². The average molecular weight is 334 g/mol. The minimum atomic E-state index is -0.375. The fraction of sp³-hybridized carbons (Fsp3) is 0.250. The van der Waals surface area contributed by atoms with Crippen molar-refractivity contribution >= 4 is 21.6 Å². The summed E-state index contributed by atoms with van der Waals surface area (Å²) in [5.74, 6) is 0. The lowest BCUT2D eigenvalue weighted by atomic mass is 9.99. The van der Waals surface area contributed by atoms with Crippen molar-refractivity contribution in [2.24, 2.45) is 0 Å². The third-order valence-corrected chi connectivity index (χ3v) is 4.14. The second-order valence-electron chi connectivity index (χ2n) is 4.96. The van der Waals surface area contributed by atoms with E-state index in [-0.39, 0.29) is 15.4 Å². The summed E-state index contributed by atoms with van der Waals surface area (Å²) in [5, 5.41) is 10.6. The first-order chi connectivity index (χ1) is 9.47. The molecule has 4 heteroatoms. The zero-order valence-electron chi connectivity index (χ0n) is 11.5. The lowest BCUT2D eigenvalue weighted by molar-refractivity contribution is -0.384. The molecule has 2 aromatic carbocycles. The fourth-order valence-electron chi connectivity index (χ4n) is 2.25. The van der Waals surface area contributed by atoms with Crippen LogP contribution in [-0.2, 0) is 6.42 Å². The maximum absolute atomic E-state index is 10.6.